The summed E-state index contributed by atoms with van der Waals surface area (Å²) >= 11 is 0. The summed E-state index contributed by atoms with van der Waals surface area (Å²) in [5.41, 5.74) is 0. The SMILES string of the molecule is CCCCO[Si](=O)OCC. The molecule has 0 unspecified atom stereocenters. The molecular formula is C6H14O3Si. The van der Waals surface area contributed by atoms with Crippen LogP contribution >= 0.6 is 0 Å². The number of unbranched alkanes of at least 4 members (excludes halogenated alkanes) is 1. The van der Waals surface area contributed by atoms with Crippen molar-refractivity contribution in [3.05, 3.63) is 0 Å². The molecule has 0 aliphatic carbocycles. The molecule has 0 saturated heterocycles. The second kappa shape index (κ2) is 6.73. The van der Waals surface area contributed by atoms with Crippen LogP contribution in [0.15, 0.2) is 0 Å². The second-order valence-corrected chi connectivity index (χ2v) is 2.96. The molecule has 0 aliphatic heterocycles. The molecule has 3 nitrogen and oxygen atoms in total. The van der Waals surface area contributed by atoms with Gasteiger partial charge in [0.2, 0.25) is 0 Å². The van der Waals surface area contributed by atoms with Gasteiger partial charge in [-0.05, 0) is 13.3 Å². The molecule has 0 saturated carbocycles. The van der Waals surface area contributed by atoms with Crippen LogP contribution in [0.4, 0.5) is 0 Å². The number of hydrogen-bond donors (Lipinski definition) is 0. The summed E-state index contributed by atoms with van der Waals surface area (Å²) in [6.07, 6.45) is 2.00. The van der Waals surface area contributed by atoms with Gasteiger partial charge in [0.15, 0.2) is 0 Å². The smallest absolute Gasteiger partial charge is 0.496 e. The Hall–Kier alpha value is -0.383. The van der Waals surface area contributed by atoms with Gasteiger partial charge in [0, 0.05) is 0 Å². The van der Waals surface area contributed by atoms with Crippen molar-refractivity contribution in [2.45, 2.75) is 26.7 Å². The van der Waals surface area contributed by atoms with Crippen molar-refractivity contribution >= 4 is 9.17 Å². The van der Waals surface area contributed by atoms with Crippen LogP contribution in [0.25, 0.3) is 0 Å². The lowest BCUT2D eigenvalue weighted by molar-refractivity contribution is 0.173. The van der Waals surface area contributed by atoms with E-state index in [2.05, 4.69) is 6.92 Å². The van der Waals surface area contributed by atoms with Crippen LogP contribution in [0.3, 0.4) is 0 Å². The molecule has 0 fully saturated rings. The van der Waals surface area contributed by atoms with Crippen LogP contribution in [-0.4, -0.2) is 22.4 Å². The molecule has 0 heterocycles. The molecule has 0 amide bonds. The minimum absolute atomic E-state index is 0.462. The molecule has 0 atom stereocenters. The van der Waals surface area contributed by atoms with Crippen LogP contribution in [-0.2, 0) is 13.3 Å². The van der Waals surface area contributed by atoms with Gasteiger partial charge in [0.1, 0.15) is 0 Å². The quantitative estimate of drug-likeness (QED) is 0.435. The van der Waals surface area contributed by atoms with E-state index in [9.17, 15) is 4.46 Å². The van der Waals surface area contributed by atoms with E-state index < -0.39 is 9.17 Å². The van der Waals surface area contributed by atoms with E-state index in [4.69, 9.17) is 8.85 Å². The van der Waals surface area contributed by atoms with Gasteiger partial charge in [-0.2, -0.15) is 0 Å². The van der Waals surface area contributed by atoms with Crippen molar-refractivity contribution in [1.29, 1.82) is 0 Å². The third-order valence-corrected chi connectivity index (χ3v) is 1.94. The van der Waals surface area contributed by atoms with E-state index in [-0.39, 0.29) is 0 Å². The van der Waals surface area contributed by atoms with E-state index in [0.717, 1.165) is 12.8 Å². The molecule has 0 aromatic rings. The monoisotopic (exact) mass is 162 g/mol. The first-order valence-corrected chi connectivity index (χ1v) is 4.83. The van der Waals surface area contributed by atoms with Crippen LogP contribution in [0.2, 0.25) is 0 Å². The Morgan fingerprint density at radius 2 is 2.00 bits per heavy atom. The summed E-state index contributed by atoms with van der Waals surface area (Å²) in [7, 11) is -2.16. The molecule has 0 aromatic heterocycles. The van der Waals surface area contributed by atoms with Crippen molar-refractivity contribution in [2.75, 3.05) is 13.2 Å². The largest absolute Gasteiger partial charge is 0.767 e. The van der Waals surface area contributed by atoms with E-state index in [1.54, 1.807) is 6.92 Å². The lowest BCUT2D eigenvalue weighted by Crippen LogP contribution is -2.12. The zero-order valence-electron chi connectivity index (χ0n) is 6.55. The van der Waals surface area contributed by atoms with Crippen molar-refractivity contribution in [3.8, 4) is 0 Å². The molecule has 10 heavy (non-hydrogen) atoms. The van der Waals surface area contributed by atoms with Crippen LogP contribution in [0, 0.1) is 0 Å². The Morgan fingerprint density at radius 3 is 2.50 bits per heavy atom. The van der Waals surface area contributed by atoms with Crippen molar-refractivity contribution in [1.82, 2.24) is 0 Å². The molecule has 0 bridgehead atoms. The van der Waals surface area contributed by atoms with Crippen LogP contribution < -0.4 is 0 Å². The van der Waals surface area contributed by atoms with Gasteiger partial charge >= 0.3 is 9.17 Å². The highest BCUT2D eigenvalue weighted by Gasteiger charge is 2.07. The fraction of sp³-hybridized carbons (Fsp3) is 1.00. The summed E-state index contributed by atoms with van der Waals surface area (Å²) in [4.78, 5) is 0. The van der Waals surface area contributed by atoms with E-state index in [1.807, 2.05) is 0 Å². The number of hydrogen-bond acceptors (Lipinski definition) is 3. The van der Waals surface area contributed by atoms with E-state index in [1.165, 1.54) is 0 Å². The first-order valence-electron chi connectivity index (χ1n) is 3.60. The molecule has 0 aromatic carbocycles. The van der Waals surface area contributed by atoms with E-state index >= 15 is 0 Å². The number of rotatable bonds is 6. The molecule has 0 aliphatic rings. The summed E-state index contributed by atoms with van der Waals surface area (Å²) in [5, 5.41) is 0. The first kappa shape index (κ1) is 9.62. The van der Waals surface area contributed by atoms with Gasteiger partial charge < -0.3 is 8.85 Å². The first-order chi connectivity index (χ1) is 4.81. The fourth-order valence-electron chi connectivity index (χ4n) is 0.459. The maximum absolute atomic E-state index is 10.7. The molecule has 0 rings (SSSR count). The van der Waals surface area contributed by atoms with Gasteiger partial charge in [-0.1, -0.05) is 13.3 Å². The summed E-state index contributed by atoms with van der Waals surface area (Å²) < 4.78 is 20.2. The van der Waals surface area contributed by atoms with Gasteiger partial charge in [0.25, 0.3) is 0 Å². The normalized spacial score (nSPS) is 9.00. The fourth-order valence-corrected chi connectivity index (χ4v) is 1.09. The van der Waals surface area contributed by atoms with Gasteiger partial charge in [-0.25, -0.2) is 0 Å². The van der Waals surface area contributed by atoms with Crippen molar-refractivity contribution < 1.29 is 13.3 Å². The third kappa shape index (κ3) is 5.75. The Morgan fingerprint density at radius 1 is 1.30 bits per heavy atom. The van der Waals surface area contributed by atoms with E-state index in [0.29, 0.717) is 13.2 Å². The summed E-state index contributed by atoms with van der Waals surface area (Å²) in [6, 6.07) is 0. The second-order valence-electron chi connectivity index (χ2n) is 1.89. The standard InChI is InChI=1S/C6H14O3Si/c1-3-5-6-9-10(7)8-4-2/h3-6H2,1-2H3. The lowest BCUT2D eigenvalue weighted by atomic mass is 10.4. The molecule has 0 radical (unpaired) electrons. The molecule has 0 N–H and O–H groups in total. The van der Waals surface area contributed by atoms with Gasteiger partial charge in [-0.3, -0.25) is 4.46 Å². The Bertz CT molecular complexity index is 95.0. The predicted octanol–water partition coefficient (Wildman–Crippen LogP) is 1.25. The minimum Gasteiger partial charge on any atom is -0.496 e. The van der Waals surface area contributed by atoms with Gasteiger partial charge in [0.05, 0.1) is 13.2 Å². The highest BCUT2D eigenvalue weighted by atomic mass is 28.3. The lowest BCUT2D eigenvalue weighted by Gasteiger charge is -2.01. The topological polar surface area (TPSA) is 35.5 Å². The Balaban J connectivity index is 3.05. The average Bonchev–Trinajstić information content (AvgIpc) is 1.89. The highest BCUT2D eigenvalue weighted by molar-refractivity contribution is 6.26. The van der Waals surface area contributed by atoms with Gasteiger partial charge in [-0.15, -0.1) is 0 Å². The predicted molar refractivity (Wildman–Crippen MR) is 38.9 cm³/mol. The maximum Gasteiger partial charge on any atom is 0.767 e. The average molecular weight is 162 g/mol. The zero-order chi connectivity index (χ0) is 7.82. The molecule has 0 spiro atoms. The zero-order valence-corrected chi connectivity index (χ0v) is 7.55. The minimum atomic E-state index is -2.16. The maximum atomic E-state index is 10.7. The molecule has 4 heteroatoms. The third-order valence-electron chi connectivity index (χ3n) is 0.980. The molecule has 60 valence electrons. The van der Waals surface area contributed by atoms with Crippen LogP contribution in [0.5, 0.6) is 0 Å². The summed E-state index contributed by atoms with van der Waals surface area (Å²) in [5.74, 6) is 0. The van der Waals surface area contributed by atoms with Crippen molar-refractivity contribution in [2.24, 2.45) is 0 Å². The summed E-state index contributed by atoms with van der Waals surface area (Å²) in [6.45, 7) is 4.87. The van der Waals surface area contributed by atoms with Crippen LogP contribution in [0.1, 0.15) is 26.7 Å². The highest BCUT2D eigenvalue weighted by Crippen LogP contribution is 1.87. The Kier molecular flexibility index (Phi) is 6.47. The molecular weight excluding hydrogens is 148 g/mol. The Labute approximate surface area is 63.2 Å². The van der Waals surface area contributed by atoms with Crippen molar-refractivity contribution in [3.63, 3.8) is 0 Å².